The molecule has 0 aromatic heterocycles. The van der Waals surface area contributed by atoms with Crippen molar-refractivity contribution in [3.63, 3.8) is 0 Å². The number of sulfonamides is 1. The van der Waals surface area contributed by atoms with E-state index in [0.717, 1.165) is 16.2 Å². The molecule has 0 saturated carbocycles. The molecule has 0 heterocycles. The average molecular weight is 424 g/mol. The maximum absolute atomic E-state index is 12.8. The number of nitrogens with zero attached hydrogens (tertiary/aromatic N) is 2. The second-order valence-corrected chi connectivity index (χ2v) is 8.80. The van der Waals surface area contributed by atoms with Gasteiger partial charge in [-0.1, -0.05) is 36.7 Å². The molecule has 0 aliphatic heterocycles. The second kappa shape index (κ2) is 9.80. The molecular formula is C20H26ClN3O3S. The van der Waals surface area contributed by atoms with Crippen molar-refractivity contribution in [3.8, 4) is 0 Å². The van der Waals surface area contributed by atoms with Crippen LogP contribution in [0.3, 0.4) is 0 Å². The largest absolute Gasteiger partial charge is 0.373 e. The van der Waals surface area contributed by atoms with Gasteiger partial charge in [0.2, 0.25) is 15.9 Å². The van der Waals surface area contributed by atoms with Gasteiger partial charge in [-0.2, -0.15) is 0 Å². The van der Waals surface area contributed by atoms with E-state index in [1.807, 2.05) is 42.3 Å². The van der Waals surface area contributed by atoms with Gasteiger partial charge < -0.3 is 10.2 Å². The maximum atomic E-state index is 12.8. The van der Waals surface area contributed by atoms with Crippen LogP contribution in [0.15, 0.2) is 54.6 Å². The van der Waals surface area contributed by atoms with Crippen molar-refractivity contribution in [3.05, 3.63) is 59.6 Å². The van der Waals surface area contributed by atoms with Gasteiger partial charge >= 0.3 is 0 Å². The van der Waals surface area contributed by atoms with E-state index in [1.165, 1.54) is 0 Å². The number of benzene rings is 2. The molecule has 1 atom stereocenters. The first-order valence-electron chi connectivity index (χ1n) is 9.03. The lowest BCUT2D eigenvalue weighted by atomic mass is 10.2. The van der Waals surface area contributed by atoms with Gasteiger partial charge in [-0.3, -0.25) is 9.10 Å². The molecule has 2 aromatic carbocycles. The Labute approximate surface area is 172 Å². The third-order valence-corrected chi connectivity index (χ3v) is 5.79. The van der Waals surface area contributed by atoms with Crippen LogP contribution in [0.5, 0.6) is 0 Å². The molecule has 0 unspecified atom stereocenters. The molecule has 1 amide bonds. The zero-order valence-corrected chi connectivity index (χ0v) is 17.9. The van der Waals surface area contributed by atoms with Crippen LogP contribution in [0, 0.1) is 0 Å². The molecule has 0 fully saturated rings. The van der Waals surface area contributed by atoms with Crippen LogP contribution in [0.25, 0.3) is 0 Å². The number of nitrogens with one attached hydrogen (secondary N) is 1. The topological polar surface area (TPSA) is 69.7 Å². The summed E-state index contributed by atoms with van der Waals surface area (Å²) in [5.74, 6) is -0.329. The van der Waals surface area contributed by atoms with Crippen LogP contribution in [0.2, 0.25) is 5.02 Å². The predicted octanol–water partition coefficient (Wildman–Crippen LogP) is 3.14. The maximum Gasteiger partial charge on any atom is 0.243 e. The second-order valence-electron chi connectivity index (χ2n) is 6.51. The number of para-hydroxylation sites is 1. The molecule has 0 bridgehead atoms. The average Bonchev–Trinajstić information content (AvgIpc) is 2.66. The van der Waals surface area contributed by atoms with E-state index in [1.54, 1.807) is 31.2 Å². The molecule has 28 heavy (non-hydrogen) atoms. The van der Waals surface area contributed by atoms with E-state index in [0.29, 0.717) is 30.2 Å². The summed E-state index contributed by atoms with van der Waals surface area (Å²) < 4.78 is 25.9. The lowest BCUT2D eigenvalue weighted by Crippen LogP contribution is -2.50. The number of hydrogen-bond donors (Lipinski definition) is 1. The van der Waals surface area contributed by atoms with Gasteiger partial charge in [-0.05, 0) is 42.8 Å². The van der Waals surface area contributed by atoms with Crippen LogP contribution in [0.4, 0.5) is 11.4 Å². The van der Waals surface area contributed by atoms with Gasteiger partial charge in [0.1, 0.15) is 6.04 Å². The Morgan fingerprint density at radius 1 is 1.07 bits per heavy atom. The molecular weight excluding hydrogens is 398 g/mol. The van der Waals surface area contributed by atoms with Crippen LogP contribution in [-0.2, 0) is 14.8 Å². The molecule has 0 aliphatic carbocycles. The Bertz CT molecular complexity index is 873. The van der Waals surface area contributed by atoms with E-state index in [4.69, 9.17) is 11.6 Å². The van der Waals surface area contributed by atoms with Crippen molar-refractivity contribution in [2.24, 2.45) is 0 Å². The normalized spacial score (nSPS) is 12.3. The molecule has 0 aliphatic rings. The number of anilines is 2. The zero-order chi connectivity index (χ0) is 20.7. The number of amides is 1. The summed E-state index contributed by atoms with van der Waals surface area (Å²) in [6.07, 6.45) is 1.44. The highest BCUT2D eigenvalue weighted by atomic mass is 35.5. The smallest absolute Gasteiger partial charge is 0.243 e. The van der Waals surface area contributed by atoms with Crippen molar-refractivity contribution in [1.29, 1.82) is 0 Å². The Balaban J connectivity index is 2.08. The summed E-state index contributed by atoms with van der Waals surface area (Å²) in [6, 6.07) is 15.4. The van der Waals surface area contributed by atoms with E-state index < -0.39 is 16.1 Å². The monoisotopic (exact) mass is 423 g/mol. The number of hydrogen-bond acceptors (Lipinski definition) is 4. The Morgan fingerprint density at radius 2 is 1.68 bits per heavy atom. The van der Waals surface area contributed by atoms with Crippen molar-refractivity contribution in [1.82, 2.24) is 5.32 Å². The first-order chi connectivity index (χ1) is 13.2. The van der Waals surface area contributed by atoms with Gasteiger partial charge in [-0.25, -0.2) is 8.42 Å². The van der Waals surface area contributed by atoms with Crippen LogP contribution >= 0.6 is 11.6 Å². The van der Waals surface area contributed by atoms with Crippen molar-refractivity contribution >= 4 is 38.9 Å². The minimum atomic E-state index is -3.65. The van der Waals surface area contributed by atoms with Crippen molar-refractivity contribution in [2.75, 3.05) is 35.6 Å². The summed E-state index contributed by atoms with van der Waals surface area (Å²) >= 11 is 5.90. The number of rotatable bonds is 9. The fraction of sp³-hybridized carbons (Fsp3) is 0.350. The molecule has 8 heteroatoms. The quantitative estimate of drug-likeness (QED) is 0.672. The molecule has 6 nitrogen and oxygen atoms in total. The molecule has 0 saturated heterocycles. The Hall–Kier alpha value is -2.25. The van der Waals surface area contributed by atoms with Crippen molar-refractivity contribution in [2.45, 2.75) is 19.4 Å². The first-order valence-corrected chi connectivity index (χ1v) is 11.3. The molecule has 1 N–H and O–H groups in total. The number of halogens is 1. The van der Waals surface area contributed by atoms with E-state index in [9.17, 15) is 13.2 Å². The minimum absolute atomic E-state index is 0.329. The fourth-order valence-electron chi connectivity index (χ4n) is 2.92. The summed E-state index contributed by atoms with van der Waals surface area (Å²) in [4.78, 5) is 14.8. The Morgan fingerprint density at radius 3 is 2.21 bits per heavy atom. The van der Waals surface area contributed by atoms with E-state index in [2.05, 4.69) is 5.32 Å². The molecule has 0 spiro atoms. The highest BCUT2D eigenvalue weighted by Gasteiger charge is 2.31. The highest BCUT2D eigenvalue weighted by Crippen LogP contribution is 2.24. The first kappa shape index (κ1) is 22.0. The highest BCUT2D eigenvalue weighted by molar-refractivity contribution is 7.92. The lowest BCUT2D eigenvalue weighted by Gasteiger charge is -2.30. The summed E-state index contributed by atoms with van der Waals surface area (Å²) in [5.41, 5.74) is 1.46. The fourth-order valence-corrected chi connectivity index (χ4v) is 4.26. The third kappa shape index (κ3) is 5.87. The van der Waals surface area contributed by atoms with E-state index in [-0.39, 0.29) is 5.91 Å². The van der Waals surface area contributed by atoms with E-state index >= 15 is 0 Å². The standard InChI is InChI=1S/C20H26ClN3O3S/c1-4-19(24(28(3,26)27)18-12-10-16(21)11-13-18)20(25)22-14-15-23(2)17-8-6-5-7-9-17/h5-13,19H,4,14-15H2,1-3H3,(H,22,25)/t19-/m0/s1. The van der Waals surface area contributed by atoms with Gasteiger partial charge in [0.05, 0.1) is 11.9 Å². The number of carbonyl (C=O) groups excluding carboxylic acids is 1. The van der Waals surface area contributed by atoms with Crippen molar-refractivity contribution < 1.29 is 13.2 Å². The summed E-state index contributed by atoms with van der Waals surface area (Å²) in [6.45, 7) is 2.79. The zero-order valence-electron chi connectivity index (χ0n) is 16.3. The van der Waals surface area contributed by atoms with Crippen LogP contribution in [0.1, 0.15) is 13.3 Å². The molecule has 152 valence electrons. The number of likely N-dealkylation sites (N-methyl/N-ethyl adjacent to an activating group) is 1. The van der Waals surface area contributed by atoms with Gasteiger partial charge in [0, 0.05) is 30.8 Å². The van der Waals surface area contributed by atoms with Crippen LogP contribution < -0.4 is 14.5 Å². The van der Waals surface area contributed by atoms with Gasteiger partial charge in [0.15, 0.2) is 0 Å². The Kier molecular flexibility index (Phi) is 7.71. The SMILES string of the molecule is CC[C@@H](C(=O)NCCN(C)c1ccccc1)N(c1ccc(Cl)cc1)S(C)(=O)=O. The molecule has 0 radical (unpaired) electrons. The van der Waals surface area contributed by atoms with Gasteiger partial charge in [0.25, 0.3) is 0 Å². The lowest BCUT2D eigenvalue weighted by molar-refractivity contribution is -0.122. The summed E-state index contributed by atoms with van der Waals surface area (Å²) in [7, 11) is -1.71. The third-order valence-electron chi connectivity index (χ3n) is 4.35. The summed E-state index contributed by atoms with van der Waals surface area (Å²) in [5, 5.41) is 3.35. The minimum Gasteiger partial charge on any atom is -0.373 e. The predicted molar refractivity (Wildman–Crippen MR) is 116 cm³/mol. The molecule has 2 aromatic rings. The van der Waals surface area contributed by atoms with Crippen LogP contribution in [-0.4, -0.2) is 46.8 Å². The number of carbonyl (C=O) groups is 1. The van der Waals surface area contributed by atoms with Gasteiger partial charge in [-0.15, -0.1) is 0 Å². The molecule has 2 rings (SSSR count).